The van der Waals surface area contributed by atoms with Crippen molar-refractivity contribution in [3.63, 3.8) is 0 Å². The van der Waals surface area contributed by atoms with Crippen molar-refractivity contribution in [3.8, 4) is 0 Å². The van der Waals surface area contributed by atoms with Crippen molar-refractivity contribution >= 4 is 49.3 Å². The van der Waals surface area contributed by atoms with Crippen LogP contribution in [0.3, 0.4) is 0 Å². The molecule has 29 heavy (non-hydrogen) atoms. The molecule has 0 unspecified atom stereocenters. The summed E-state index contributed by atoms with van der Waals surface area (Å²) in [5.41, 5.74) is -0.321. The van der Waals surface area contributed by atoms with Crippen LogP contribution in [0.4, 0.5) is 10.5 Å². The van der Waals surface area contributed by atoms with Crippen molar-refractivity contribution in [1.82, 2.24) is 10.2 Å². The Hall–Kier alpha value is -2.72. The van der Waals surface area contributed by atoms with E-state index in [1.807, 2.05) is 0 Å². The highest BCUT2D eigenvalue weighted by Gasteiger charge is 2.49. The molecule has 0 aliphatic carbocycles. The van der Waals surface area contributed by atoms with Crippen LogP contribution >= 0.6 is 15.9 Å². The molecular weight excluding hydrogens is 462 g/mol. The number of anilines is 1. The molecule has 4 amide bonds. The van der Waals surface area contributed by atoms with Crippen LogP contribution in [0.1, 0.15) is 12.5 Å². The van der Waals surface area contributed by atoms with Crippen molar-refractivity contribution in [2.24, 2.45) is 0 Å². The molecule has 1 saturated heterocycles. The predicted octanol–water partition coefficient (Wildman–Crippen LogP) is 2.26. The lowest BCUT2D eigenvalue weighted by molar-refractivity contribution is -0.133. The number of nitrogens with one attached hydrogen (secondary N) is 2. The summed E-state index contributed by atoms with van der Waals surface area (Å²) in [6.07, 6.45) is 1.08. The molecule has 0 bridgehead atoms. The average molecular weight is 480 g/mol. The van der Waals surface area contributed by atoms with Gasteiger partial charge in [-0.15, -0.1) is 0 Å². The molecule has 0 spiro atoms. The van der Waals surface area contributed by atoms with E-state index in [1.54, 1.807) is 31.2 Å². The first-order chi connectivity index (χ1) is 13.5. The molecule has 1 heterocycles. The van der Waals surface area contributed by atoms with E-state index >= 15 is 0 Å². The lowest BCUT2D eigenvalue weighted by Gasteiger charge is -2.22. The van der Waals surface area contributed by atoms with Gasteiger partial charge in [0.2, 0.25) is 5.91 Å². The van der Waals surface area contributed by atoms with E-state index in [1.165, 1.54) is 24.3 Å². The van der Waals surface area contributed by atoms with Crippen LogP contribution < -0.4 is 10.6 Å². The summed E-state index contributed by atoms with van der Waals surface area (Å²) in [5, 5.41) is 5.18. The van der Waals surface area contributed by atoms with Crippen molar-refractivity contribution in [2.75, 3.05) is 18.1 Å². The Morgan fingerprint density at radius 3 is 2.24 bits per heavy atom. The van der Waals surface area contributed by atoms with Gasteiger partial charge in [-0.3, -0.25) is 14.5 Å². The Bertz CT molecular complexity index is 1080. The monoisotopic (exact) mass is 479 g/mol. The van der Waals surface area contributed by atoms with E-state index in [4.69, 9.17) is 0 Å². The van der Waals surface area contributed by atoms with Crippen LogP contribution in [0.5, 0.6) is 0 Å². The summed E-state index contributed by atoms with van der Waals surface area (Å²) in [6.45, 7) is 1.11. The standard InChI is InChI=1S/C19H18BrN3O5S/c1-19(12-3-5-13(20)6-4-12)17(25)23(18(26)22-19)11-16(24)21-14-7-9-15(10-8-14)29(2,27)28/h3-10H,11H2,1-2H3,(H,21,24)(H,22,26)/t19-/m1/s1. The number of sulfone groups is 1. The van der Waals surface area contributed by atoms with Gasteiger partial charge in [-0.1, -0.05) is 28.1 Å². The molecule has 2 aromatic rings. The number of rotatable bonds is 5. The van der Waals surface area contributed by atoms with Crippen molar-refractivity contribution < 1.29 is 22.8 Å². The van der Waals surface area contributed by atoms with E-state index in [0.717, 1.165) is 15.6 Å². The van der Waals surface area contributed by atoms with Gasteiger partial charge in [0.05, 0.1) is 4.90 Å². The molecule has 2 aromatic carbocycles. The van der Waals surface area contributed by atoms with Gasteiger partial charge >= 0.3 is 6.03 Å². The minimum Gasteiger partial charge on any atom is -0.325 e. The van der Waals surface area contributed by atoms with Gasteiger partial charge in [-0.2, -0.15) is 0 Å². The van der Waals surface area contributed by atoms with Crippen LogP contribution in [-0.4, -0.2) is 44.0 Å². The van der Waals surface area contributed by atoms with Gasteiger partial charge in [-0.05, 0) is 48.9 Å². The fraction of sp³-hybridized carbons (Fsp3) is 0.211. The largest absolute Gasteiger partial charge is 0.325 e. The van der Waals surface area contributed by atoms with Crippen molar-refractivity contribution in [1.29, 1.82) is 0 Å². The molecule has 8 nitrogen and oxygen atoms in total. The zero-order valence-corrected chi connectivity index (χ0v) is 18.0. The minimum atomic E-state index is -3.34. The van der Waals surface area contributed by atoms with Crippen LogP contribution in [0, 0.1) is 0 Å². The summed E-state index contributed by atoms with van der Waals surface area (Å²) in [7, 11) is -3.34. The summed E-state index contributed by atoms with van der Waals surface area (Å²) in [6, 6.07) is 11.9. The second kappa shape index (κ2) is 7.60. The van der Waals surface area contributed by atoms with Gasteiger partial charge in [-0.25, -0.2) is 13.2 Å². The number of hydrogen-bond acceptors (Lipinski definition) is 5. The van der Waals surface area contributed by atoms with Gasteiger partial charge in [0.1, 0.15) is 12.1 Å². The molecule has 1 aliphatic rings. The zero-order chi connectivity index (χ0) is 21.4. The Kier molecular flexibility index (Phi) is 5.50. The summed E-state index contributed by atoms with van der Waals surface area (Å²) in [4.78, 5) is 38.5. The topological polar surface area (TPSA) is 113 Å². The normalized spacial score (nSPS) is 19.2. The van der Waals surface area contributed by atoms with Crippen LogP contribution in [0.15, 0.2) is 57.9 Å². The first-order valence-corrected chi connectivity index (χ1v) is 11.2. The number of hydrogen-bond donors (Lipinski definition) is 2. The molecular formula is C19H18BrN3O5S. The Balaban J connectivity index is 1.71. The molecule has 3 rings (SSSR count). The third kappa shape index (κ3) is 4.33. The maximum absolute atomic E-state index is 12.9. The summed E-state index contributed by atoms with van der Waals surface area (Å²) >= 11 is 3.32. The predicted molar refractivity (Wildman–Crippen MR) is 110 cm³/mol. The summed E-state index contributed by atoms with van der Waals surface area (Å²) in [5.74, 6) is -1.12. The molecule has 2 N–H and O–H groups in total. The van der Waals surface area contributed by atoms with E-state index in [2.05, 4.69) is 26.6 Å². The lowest BCUT2D eigenvalue weighted by Crippen LogP contribution is -2.42. The van der Waals surface area contributed by atoms with Gasteiger partial charge in [0, 0.05) is 16.4 Å². The first-order valence-electron chi connectivity index (χ1n) is 8.51. The molecule has 0 saturated carbocycles. The minimum absolute atomic E-state index is 0.120. The zero-order valence-electron chi connectivity index (χ0n) is 15.6. The third-order valence-corrected chi connectivity index (χ3v) is 6.22. The summed E-state index contributed by atoms with van der Waals surface area (Å²) < 4.78 is 23.8. The van der Waals surface area contributed by atoms with E-state index in [-0.39, 0.29) is 4.90 Å². The molecule has 0 radical (unpaired) electrons. The molecule has 1 aliphatic heterocycles. The van der Waals surface area contributed by atoms with Crippen molar-refractivity contribution in [3.05, 3.63) is 58.6 Å². The number of imide groups is 1. The lowest BCUT2D eigenvalue weighted by atomic mass is 9.92. The SMILES string of the molecule is C[C@]1(c2ccc(Br)cc2)NC(=O)N(CC(=O)Nc2ccc(S(C)(=O)=O)cc2)C1=O. The maximum atomic E-state index is 12.9. The molecule has 152 valence electrons. The molecule has 10 heteroatoms. The van der Waals surface area contributed by atoms with E-state index < -0.39 is 39.8 Å². The van der Waals surface area contributed by atoms with Crippen LogP contribution in [0.25, 0.3) is 0 Å². The smallest absolute Gasteiger partial charge is 0.325 e. The Labute approximate surface area is 176 Å². The number of halogens is 1. The quantitative estimate of drug-likeness (QED) is 0.638. The fourth-order valence-electron chi connectivity index (χ4n) is 2.95. The second-order valence-corrected chi connectivity index (χ2v) is 9.73. The molecule has 1 atom stereocenters. The highest BCUT2D eigenvalue weighted by atomic mass is 79.9. The number of amides is 4. The number of carbonyl (C=O) groups excluding carboxylic acids is 3. The average Bonchev–Trinajstić information content (AvgIpc) is 2.86. The molecule has 1 fully saturated rings. The fourth-order valence-corrected chi connectivity index (χ4v) is 3.84. The third-order valence-electron chi connectivity index (χ3n) is 4.56. The second-order valence-electron chi connectivity index (χ2n) is 6.80. The van der Waals surface area contributed by atoms with E-state index in [9.17, 15) is 22.8 Å². The highest BCUT2D eigenvalue weighted by Crippen LogP contribution is 2.29. The van der Waals surface area contributed by atoms with E-state index in [0.29, 0.717) is 11.3 Å². The van der Waals surface area contributed by atoms with Gasteiger partial charge in [0.15, 0.2) is 9.84 Å². The number of benzene rings is 2. The Morgan fingerprint density at radius 2 is 1.69 bits per heavy atom. The van der Waals surface area contributed by atoms with Gasteiger partial charge < -0.3 is 10.6 Å². The number of nitrogens with zero attached hydrogens (tertiary/aromatic N) is 1. The number of carbonyl (C=O) groups is 3. The highest BCUT2D eigenvalue weighted by molar-refractivity contribution is 9.10. The maximum Gasteiger partial charge on any atom is 0.325 e. The van der Waals surface area contributed by atoms with Crippen LogP contribution in [0.2, 0.25) is 0 Å². The van der Waals surface area contributed by atoms with Crippen LogP contribution in [-0.2, 0) is 25.0 Å². The van der Waals surface area contributed by atoms with Crippen molar-refractivity contribution in [2.45, 2.75) is 17.4 Å². The van der Waals surface area contributed by atoms with Gasteiger partial charge in [0.25, 0.3) is 5.91 Å². The Morgan fingerprint density at radius 1 is 1.10 bits per heavy atom. The molecule has 0 aromatic heterocycles. The number of urea groups is 1. The first kappa shape index (κ1) is 21.0.